The van der Waals surface area contributed by atoms with Crippen LogP contribution < -0.4 is 5.73 Å². The molecule has 0 aliphatic rings. The van der Waals surface area contributed by atoms with E-state index in [-0.39, 0.29) is 0 Å². The largest absolute Gasteiger partial charge is 0.384 e. The van der Waals surface area contributed by atoms with Crippen LogP contribution in [0.3, 0.4) is 0 Å². The van der Waals surface area contributed by atoms with Gasteiger partial charge in [-0.15, -0.1) is 0 Å². The first-order chi connectivity index (χ1) is 7.65. The molecule has 0 saturated carbocycles. The number of pyridine rings is 1. The van der Waals surface area contributed by atoms with Crippen molar-refractivity contribution in [3.05, 3.63) is 47.5 Å². The van der Waals surface area contributed by atoms with Crippen LogP contribution in [0.2, 0.25) is 0 Å². The van der Waals surface area contributed by atoms with Gasteiger partial charge in [0, 0.05) is 4.90 Å². The maximum Gasteiger partial charge on any atom is 0.124 e. The SMILES string of the molecule is Cc1ccc(C)c(Sc2cccc(N)n2)c1. The minimum atomic E-state index is 0.565. The molecule has 2 aromatic rings. The molecule has 0 amide bonds. The van der Waals surface area contributed by atoms with E-state index in [1.54, 1.807) is 17.8 Å². The molecule has 1 heterocycles. The van der Waals surface area contributed by atoms with E-state index in [4.69, 9.17) is 5.73 Å². The van der Waals surface area contributed by atoms with E-state index in [0.29, 0.717) is 5.82 Å². The summed E-state index contributed by atoms with van der Waals surface area (Å²) >= 11 is 1.65. The number of hydrogen-bond acceptors (Lipinski definition) is 3. The first-order valence-electron chi connectivity index (χ1n) is 5.13. The zero-order valence-corrected chi connectivity index (χ0v) is 10.2. The molecule has 1 aromatic heterocycles. The van der Waals surface area contributed by atoms with Crippen LogP contribution in [0.15, 0.2) is 46.3 Å². The summed E-state index contributed by atoms with van der Waals surface area (Å²) in [5, 5.41) is 0.939. The summed E-state index contributed by atoms with van der Waals surface area (Å²) in [6.07, 6.45) is 0. The fourth-order valence-electron chi connectivity index (χ4n) is 1.42. The topological polar surface area (TPSA) is 38.9 Å². The lowest BCUT2D eigenvalue weighted by molar-refractivity contribution is 1.14. The van der Waals surface area contributed by atoms with Crippen LogP contribution in [-0.4, -0.2) is 4.98 Å². The van der Waals surface area contributed by atoms with Crippen molar-refractivity contribution in [2.75, 3.05) is 5.73 Å². The molecule has 0 bridgehead atoms. The van der Waals surface area contributed by atoms with E-state index in [2.05, 4.69) is 37.0 Å². The van der Waals surface area contributed by atoms with Gasteiger partial charge in [0.1, 0.15) is 10.8 Å². The van der Waals surface area contributed by atoms with E-state index in [9.17, 15) is 0 Å². The Kier molecular flexibility index (Phi) is 3.15. The molecule has 82 valence electrons. The van der Waals surface area contributed by atoms with Crippen LogP contribution in [0.25, 0.3) is 0 Å². The highest BCUT2D eigenvalue weighted by atomic mass is 32.2. The molecular weight excluding hydrogens is 216 g/mol. The Bertz CT molecular complexity index is 509. The van der Waals surface area contributed by atoms with Gasteiger partial charge in [0.05, 0.1) is 0 Å². The minimum absolute atomic E-state index is 0.565. The van der Waals surface area contributed by atoms with Crippen molar-refractivity contribution in [2.45, 2.75) is 23.8 Å². The van der Waals surface area contributed by atoms with Gasteiger partial charge < -0.3 is 5.73 Å². The Balaban J connectivity index is 2.30. The molecule has 0 spiro atoms. The van der Waals surface area contributed by atoms with Crippen molar-refractivity contribution >= 4 is 17.6 Å². The highest BCUT2D eigenvalue weighted by Gasteiger charge is 2.02. The number of aryl methyl sites for hydroxylation is 2. The monoisotopic (exact) mass is 230 g/mol. The molecular formula is C13H14N2S. The zero-order chi connectivity index (χ0) is 11.5. The minimum Gasteiger partial charge on any atom is -0.384 e. The molecule has 2 nitrogen and oxygen atoms in total. The van der Waals surface area contributed by atoms with Gasteiger partial charge in [0.2, 0.25) is 0 Å². The Morgan fingerprint density at radius 3 is 2.69 bits per heavy atom. The summed E-state index contributed by atoms with van der Waals surface area (Å²) in [6.45, 7) is 4.20. The molecule has 0 fully saturated rings. The van der Waals surface area contributed by atoms with Crippen molar-refractivity contribution in [1.82, 2.24) is 4.98 Å². The number of anilines is 1. The van der Waals surface area contributed by atoms with Gasteiger partial charge in [-0.3, -0.25) is 0 Å². The standard InChI is InChI=1S/C13H14N2S/c1-9-6-7-10(2)11(8-9)16-13-5-3-4-12(14)15-13/h3-8H,1-2H3,(H2,14,15). The van der Waals surface area contributed by atoms with Gasteiger partial charge in [0.25, 0.3) is 0 Å². The van der Waals surface area contributed by atoms with Crippen LogP contribution in [0.5, 0.6) is 0 Å². The Morgan fingerprint density at radius 2 is 1.94 bits per heavy atom. The molecule has 2 rings (SSSR count). The second-order valence-corrected chi connectivity index (χ2v) is 4.83. The Hall–Kier alpha value is -1.48. The maximum absolute atomic E-state index is 5.66. The highest BCUT2D eigenvalue weighted by Crippen LogP contribution is 2.29. The van der Waals surface area contributed by atoms with E-state index >= 15 is 0 Å². The lowest BCUT2D eigenvalue weighted by atomic mass is 10.2. The lowest BCUT2D eigenvalue weighted by Gasteiger charge is -2.06. The van der Waals surface area contributed by atoms with Crippen LogP contribution >= 0.6 is 11.8 Å². The summed E-state index contributed by atoms with van der Waals surface area (Å²) in [5.41, 5.74) is 8.18. The van der Waals surface area contributed by atoms with E-state index in [1.165, 1.54) is 16.0 Å². The molecule has 0 aliphatic carbocycles. The molecule has 0 radical (unpaired) electrons. The predicted molar refractivity (Wildman–Crippen MR) is 68.7 cm³/mol. The fraction of sp³-hybridized carbons (Fsp3) is 0.154. The molecule has 3 heteroatoms. The number of nitrogen functional groups attached to an aromatic ring is 1. The van der Waals surface area contributed by atoms with Crippen LogP contribution in [0.1, 0.15) is 11.1 Å². The summed E-state index contributed by atoms with van der Waals surface area (Å²) in [5.74, 6) is 0.565. The predicted octanol–water partition coefficient (Wildman–Crippen LogP) is 3.43. The summed E-state index contributed by atoms with van der Waals surface area (Å²) in [7, 11) is 0. The van der Waals surface area contributed by atoms with Gasteiger partial charge in [-0.1, -0.05) is 30.0 Å². The third-order valence-electron chi connectivity index (χ3n) is 2.30. The molecule has 2 N–H and O–H groups in total. The van der Waals surface area contributed by atoms with Crippen molar-refractivity contribution in [3.63, 3.8) is 0 Å². The molecule has 16 heavy (non-hydrogen) atoms. The highest BCUT2D eigenvalue weighted by molar-refractivity contribution is 7.99. The first-order valence-corrected chi connectivity index (χ1v) is 5.94. The van der Waals surface area contributed by atoms with E-state index in [0.717, 1.165) is 5.03 Å². The third kappa shape index (κ3) is 2.55. The number of hydrogen-bond donors (Lipinski definition) is 1. The summed E-state index contributed by atoms with van der Waals surface area (Å²) in [6, 6.07) is 12.1. The number of nitrogens with two attached hydrogens (primary N) is 1. The number of aromatic nitrogens is 1. The number of nitrogens with zero attached hydrogens (tertiary/aromatic N) is 1. The Labute approximate surface area is 99.9 Å². The zero-order valence-electron chi connectivity index (χ0n) is 9.40. The van der Waals surface area contributed by atoms with Crippen LogP contribution in [0, 0.1) is 13.8 Å². The summed E-state index contributed by atoms with van der Waals surface area (Å²) < 4.78 is 0. The number of rotatable bonds is 2. The van der Waals surface area contributed by atoms with Gasteiger partial charge in [-0.2, -0.15) is 0 Å². The van der Waals surface area contributed by atoms with Gasteiger partial charge in [-0.05, 0) is 43.2 Å². The normalized spacial score (nSPS) is 10.4. The van der Waals surface area contributed by atoms with Crippen molar-refractivity contribution < 1.29 is 0 Å². The van der Waals surface area contributed by atoms with Crippen LogP contribution in [0.4, 0.5) is 5.82 Å². The molecule has 0 unspecified atom stereocenters. The molecule has 0 saturated heterocycles. The average molecular weight is 230 g/mol. The van der Waals surface area contributed by atoms with Gasteiger partial charge in [0.15, 0.2) is 0 Å². The lowest BCUT2D eigenvalue weighted by Crippen LogP contribution is -1.90. The number of benzene rings is 1. The summed E-state index contributed by atoms with van der Waals surface area (Å²) in [4.78, 5) is 5.51. The first kappa shape index (κ1) is 11.0. The maximum atomic E-state index is 5.66. The van der Waals surface area contributed by atoms with Crippen molar-refractivity contribution in [3.8, 4) is 0 Å². The van der Waals surface area contributed by atoms with Gasteiger partial charge in [-0.25, -0.2) is 4.98 Å². The Morgan fingerprint density at radius 1 is 1.12 bits per heavy atom. The second-order valence-electron chi connectivity index (χ2n) is 3.77. The van der Waals surface area contributed by atoms with Crippen LogP contribution in [-0.2, 0) is 0 Å². The fourth-order valence-corrected chi connectivity index (χ4v) is 2.41. The molecule has 0 aliphatic heterocycles. The third-order valence-corrected chi connectivity index (χ3v) is 3.40. The van der Waals surface area contributed by atoms with Crippen molar-refractivity contribution in [1.29, 1.82) is 0 Å². The van der Waals surface area contributed by atoms with Crippen molar-refractivity contribution in [2.24, 2.45) is 0 Å². The quantitative estimate of drug-likeness (QED) is 0.859. The average Bonchev–Trinajstić information content (AvgIpc) is 2.24. The van der Waals surface area contributed by atoms with E-state index in [1.807, 2.05) is 12.1 Å². The van der Waals surface area contributed by atoms with Gasteiger partial charge >= 0.3 is 0 Å². The molecule has 0 atom stereocenters. The van der Waals surface area contributed by atoms with E-state index < -0.39 is 0 Å². The molecule has 1 aromatic carbocycles. The smallest absolute Gasteiger partial charge is 0.124 e. The second kappa shape index (κ2) is 4.58.